The summed E-state index contributed by atoms with van der Waals surface area (Å²) in [6, 6.07) is 21.7. The summed E-state index contributed by atoms with van der Waals surface area (Å²) in [6.07, 6.45) is 1.86. The molecule has 0 aliphatic carbocycles. The quantitative estimate of drug-likeness (QED) is 0.0193. The number of ether oxygens (including phenoxy) is 5. The number of aromatic amines is 1. The lowest BCUT2D eigenvalue weighted by molar-refractivity contribution is 0.0700. The van der Waals surface area contributed by atoms with Crippen LogP contribution in [0.3, 0.4) is 0 Å². The minimum Gasteiger partial charge on any atom is -0.497 e. The fourth-order valence-electron chi connectivity index (χ4n) is 5.47. The summed E-state index contributed by atoms with van der Waals surface area (Å²) in [5.74, 6) is 0.746. The number of amides is 2. The summed E-state index contributed by atoms with van der Waals surface area (Å²) in [7, 11) is 8.14. The van der Waals surface area contributed by atoms with Gasteiger partial charge in [-0.2, -0.15) is 27.0 Å². The zero-order chi connectivity index (χ0) is 61.2. The molecule has 3 aromatic carbocycles. The first kappa shape index (κ1) is 80.7. The molecule has 460 valence electrons. The Morgan fingerprint density at radius 2 is 1.07 bits per heavy atom. The molecule has 7 rings (SSSR count). The Kier molecular flexibility index (Phi) is 42.9. The molecule has 0 bridgehead atoms. The highest BCUT2D eigenvalue weighted by atomic mass is 36.0. The molecule has 2 amide bonds. The fourth-order valence-corrected chi connectivity index (χ4v) is 9.32. The standard InChI is InChI=1S/C16H21N3O3S.C12H11ClN2O2S.C7H9NO.C5H3Cl2NOS.C5H5NO3S.C4H11NO.Cl3OP.2H2S/c1-11-14(23-16(18-11)17-8-5-9-21-2)15(20)19-12-6-4-7-13(10-12)22-3;1-7-10(18-12(13)14-7)11(16)15-8-4-3-5-9(6-8)17-2;1-9-7-4-2-3-6(8)5-7;1-2-3(4(6)9)10-5(7)8-2;1-2-3(4(7)8)10-5(9)6-2;1-6-4-2-3-5;1-5(2,3)4;;/h4,6-7,10H,5,8-9H2,1-3H3,(H,17,18)(H,19,20);3-6H,1-2H3,(H,15,16);2-5H,8H2,1H3;1H3;1H3,(H,6,9)(H,7,8);2-5H2,1H3;;2*1H2. The Hall–Kier alpha value is -4.39. The zero-order valence-corrected chi connectivity index (χ0v) is 56.6. The number of nitrogens with two attached hydrogens (primary N) is 2. The maximum atomic E-state index is 12.4. The molecule has 0 saturated heterocycles. The number of carbonyl (C=O) groups is 4. The number of hydrogen-bond donors (Lipinski definition) is 7. The molecule has 0 aliphatic heterocycles. The van der Waals surface area contributed by atoms with Gasteiger partial charge in [0.15, 0.2) is 14.1 Å². The van der Waals surface area contributed by atoms with E-state index in [4.69, 9.17) is 75.1 Å². The van der Waals surface area contributed by atoms with E-state index < -0.39 is 16.4 Å². The lowest BCUT2D eigenvalue weighted by Crippen LogP contribution is -2.11. The van der Waals surface area contributed by atoms with E-state index in [0.29, 0.717) is 87.2 Å². The first-order valence-electron chi connectivity index (χ1n) is 23.0. The minimum atomic E-state index is -3.22. The van der Waals surface area contributed by atoms with Gasteiger partial charge in [-0.1, -0.05) is 86.7 Å². The normalized spacial score (nSPS) is 9.78. The molecule has 9 N–H and O–H groups in total. The molecule has 0 aliphatic rings. The molecule has 0 saturated carbocycles. The summed E-state index contributed by atoms with van der Waals surface area (Å²) in [4.78, 5) is 71.6. The monoisotopic (exact) mass is 1400 g/mol. The summed E-state index contributed by atoms with van der Waals surface area (Å²) in [6.45, 7) is 9.81. The molecule has 0 atom stereocenters. The van der Waals surface area contributed by atoms with Gasteiger partial charge < -0.3 is 61.2 Å². The van der Waals surface area contributed by atoms with Crippen molar-refractivity contribution in [1.29, 1.82) is 0 Å². The third-order valence-corrected chi connectivity index (χ3v) is 14.0. The molecule has 83 heavy (non-hydrogen) atoms. The zero-order valence-electron chi connectivity index (χ0n) is 46.0. The number of aryl methyl sites for hydroxylation is 4. The van der Waals surface area contributed by atoms with Crippen LogP contribution >= 0.6 is 146 Å². The lowest BCUT2D eigenvalue weighted by Gasteiger charge is -2.06. The van der Waals surface area contributed by atoms with Crippen molar-refractivity contribution in [2.75, 3.05) is 83.5 Å². The van der Waals surface area contributed by atoms with Gasteiger partial charge in [-0.15, -0.1) is 0 Å². The maximum absolute atomic E-state index is 12.4. The second kappa shape index (κ2) is 44.1. The van der Waals surface area contributed by atoms with Crippen molar-refractivity contribution in [2.24, 2.45) is 5.73 Å². The van der Waals surface area contributed by atoms with Gasteiger partial charge in [0.05, 0.1) is 38.4 Å². The lowest BCUT2D eigenvalue weighted by atomic mass is 10.3. The van der Waals surface area contributed by atoms with Crippen LogP contribution in [0.2, 0.25) is 8.93 Å². The van der Waals surface area contributed by atoms with Gasteiger partial charge in [-0.05, 0) is 129 Å². The number of H-pyrrole nitrogens is 1. The van der Waals surface area contributed by atoms with Crippen LogP contribution in [0.25, 0.3) is 0 Å². The summed E-state index contributed by atoms with van der Waals surface area (Å²) >= 11 is 34.6. The van der Waals surface area contributed by atoms with E-state index in [1.807, 2.05) is 49.4 Å². The van der Waals surface area contributed by atoms with Crippen molar-refractivity contribution >= 4 is 191 Å². The molecular weight excluding hydrogens is 1340 g/mol. The Labute approximate surface area is 540 Å². The molecular formula is C49H64Cl6N9O12PS6. The average Bonchev–Trinajstić information content (AvgIpc) is 4.17. The minimum absolute atomic E-state index is 0. The topological polar surface area (TPSA) is 311 Å². The number of hydrogen-bond acceptors (Lipinski definition) is 21. The van der Waals surface area contributed by atoms with E-state index in [9.17, 15) is 28.5 Å². The molecule has 7 aromatic rings. The van der Waals surface area contributed by atoms with Crippen LogP contribution in [0.1, 0.15) is 74.3 Å². The Morgan fingerprint density at radius 3 is 1.40 bits per heavy atom. The third kappa shape index (κ3) is 35.0. The highest BCUT2D eigenvalue weighted by molar-refractivity contribution is 8.24. The first-order chi connectivity index (χ1) is 38.2. The van der Waals surface area contributed by atoms with Gasteiger partial charge in [0.2, 0.25) is 0 Å². The number of nitrogens with one attached hydrogen (secondary N) is 4. The fraction of sp³-hybridized carbons (Fsp3) is 0.306. The van der Waals surface area contributed by atoms with Crippen LogP contribution in [0.15, 0.2) is 77.6 Å². The highest BCUT2D eigenvalue weighted by Gasteiger charge is 2.17. The number of aromatic carboxylic acids is 1. The predicted octanol–water partition coefficient (Wildman–Crippen LogP) is 13.7. The summed E-state index contributed by atoms with van der Waals surface area (Å²) < 4.78 is 35.1. The number of carboxylic acid groups (broad SMARTS) is 1. The number of nitrogens with zero attached hydrogens (tertiary/aromatic N) is 3. The number of carbonyl (C=O) groups excluding carboxylic acids is 3. The molecule has 0 radical (unpaired) electrons. The second-order valence-electron chi connectivity index (χ2n) is 15.2. The van der Waals surface area contributed by atoms with Crippen molar-refractivity contribution in [3.05, 3.63) is 134 Å². The van der Waals surface area contributed by atoms with Crippen LogP contribution in [0.5, 0.6) is 17.2 Å². The number of benzene rings is 3. The van der Waals surface area contributed by atoms with Gasteiger partial charge in [-0.25, -0.2) is 19.7 Å². The van der Waals surface area contributed by atoms with E-state index in [0.717, 1.165) is 71.8 Å². The van der Waals surface area contributed by atoms with Crippen molar-refractivity contribution in [3.8, 4) is 17.2 Å². The summed E-state index contributed by atoms with van der Waals surface area (Å²) in [5, 5.41) is 14.3. The summed E-state index contributed by atoms with van der Waals surface area (Å²) in [5.41, 5.74) is 15.0. The predicted molar refractivity (Wildman–Crippen MR) is 353 cm³/mol. The number of rotatable bonds is 17. The number of methoxy groups -OCH3 is 5. The molecule has 4 heterocycles. The molecule has 0 fully saturated rings. The van der Waals surface area contributed by atoms with Crippen LogP contribution in [-0.4, -0.2) is 110 Å². The van der Waals surface area contributed by atoms with Gasteiger partial charge in [0.25, 0.3) is 17.1 Å². The van der Waals surface area contributed by atoms with Crippen LogP contribution in [-0.2, 0) is 14.0 Å². The average molecular weight is 1410 g/mol. The number of halogens is 6. The molecule has 0 unspecified atom stereocenters. The van der Waals surface area contributed by atoms with Crippen molar-refractivity contribution < 1.29 is 52.5 Å². The van der Waals surface area contributed by atoms with E-state index in [1.165, 1.54) is 11.3 Å². The number of thiazole rings is 4. The largest absolute Gasteiger partial charge is 0.497 e. The molecule has 0 spiro atoms. The van der Waals surface area contributed by atoms with E-state index >= 15 is 0 Å². The van der Waals surface area contributed by atoms with E-state index in [-0.39, 0.29) is 48.6 Å². The van der Waals surface area contributed by atoms with Crippen LogP contribution in [0, 0.1) is 27.7 Å². The van der Waals surface area contributed by atoms with Gasteiger partial charge in [0, 0.05) is 74.9 Å². The van der Waals surface area contributed by atoms with Crippen LogP contribution < -0.4 is 46.5 Å². The molecule has 21 nitrogen and oxygen atoms in total. The number of carboxylic acids is 1. The van der Waals surface area contributed by atoms with Crippen LogP contribution in [0.4, 0.5) is 22.2 Å². The number of anilines is 4. The van der Waals surface area contributed by atoms with Crippen molar-refractivity contribution in [2.45, 2.75) is 40.5 Å². The highest BCUT2D eigenvalue weighted by Crippen LogP contribution is 2.61. The number of nitrogen functional groups attached to an aromatic ring is 1. The van der Waals surface area contributed by atoms with Gasteiger partial charge >= 0.3 is 16.0 Å². The van der Waals surface area contributed by atoms with Gasteiger partial charge in [-0.3, -0.25) is 23.7 Å². The van der Waals surface area contributed by atoms with Crippen molar-refractivity contribution in [1.82, 2.24) is 19.9 Å². The first-order valence-corrected chi connectivity index (χ1v) is 31.8. The van der Waals surface area contributed by atoms with E-state index in [2.05, 4.69) is 69.6 Å². The molecule has 4 aromatic heterocycles. The SMILES string of the molecule is COCCCN.COCCCNc1nc(C)c(C(=O)Nc2cccc(OC)c2)s1.COc1cccc(N)c1.COc1cccc(NC(=O)c2sc(Cl)nc2C)c1.Cc1[nH]c(=O)sc1C(=O)O.Cc1nc(Cl)sc1C(=O)Cl.O=P(Cl)(Cl)Cl.S.S. The van der Waals surface area contributed by atoms with Gasteiger partial charge in [0.1, 0.15) is 36.8 Å². The number of aromatic nitrogens is 4. The Morgan fingerprint density at radius 1 is 0.651 bits per heavy atom. The molecule has 34 heteroatoms. The Balaban J connectivity index is 0. The maximum Gasteiger partial charge on any atom is 0.347 e. The van der Waals surface area contributed by atoms with E-state index in [1.54, 1.807) is 86.7 Å². The second-order valence-corrected chi connectivity index (χ2v) is 27.3. The van der Waals surface area contributed by atoms with Crippen molar-refractivity contribution in [3.63, 3.8) is 0 Å². The third-order valence-electron chi connectivity index (χ3n) is 9.05. The Bertz CT molecular complexity index is 3150. The smallest absolute Gasteiger partial charge is 0.347 e.